The van der Waals surface area contributed by atoms with Crippen molar-refractivity contribution in [2.45, 2.75) is 32.8 Å². The molecule has 0 aromatic carbocycles. The largest absolute Gasteiger partial charge is 0.460 e. The van der Waals surface area contributed by atoms with E-state index in [1.54, 1.807) is 20.8 Å². The average Bonchev–Trinajstić information content (AvgIpc) is 1.79. The molecule has 0 aromatic rings. The van der Waals surface area contributed by atoms with Gasteiger partial charge in [-0.05, 0) is 20.8 Å². The van der Waals surface area contributed by atoms with Gasteiger partial charge in [0, 0.05) is 0 Å². The number of hydrogen-bond donors (Lipinski definition) is 0. The van der Waals surface area contributed by atoms with Gasteiger partial charge >= 0.3 is 5.97 Å². The molecular weight excluding hydrogens is 144 g/mol. The Labute approximate surface area is 65.8 Å². The smallest absolute Gasteiger partial charge is 0.317 e. The molecule has 4 nitrogen and oxygen atoms in total. The average molecular weight is 156 g/mol. The zero-order valence-electron chi connectivity index (χ0n) is 7.00. The van der Waals surface area contributed by atoms with Crippen molar-refractivity contribution >= 4 is 12.2 Å². The topological polar surface area (TPSA) is 62.7 Å². The zero-order valence-corrected chi connectivity index (χ0v) is 7.00. The summed E-state index contributed by atoms with van der Waals surface area (Å²) >= 11 is 0. The molecule has 0 unspecified atom stereocenters. The van der Waals surface area contributed by atoms with Gasteiger partial charge in [-0.3, -0.25) is 4.79 Å². The van der Waals surface area contributed by atoms with Crippen molar-refractivity contribution in [1.82, 2.24) is 0 Å². The van der Waals surface area contributed by atoms with Gasteiger partial charge in [-0.1, -0.05) is 0 Å². The molecular formula is C7H12N2O2. The van der Waals surface area contributed by atoms with Crippen molar-refractivity contribution in [3.05, 3.63) is 5.53 Å². The maximum atomic E-state index is 10.8. The highest BCUT2D eigenvalue weighted by atomic mass is 16.6. The molecule has 0 heterocycles. The maximum absolute atomic E-state index is 10.8. The molecule has 0 N–H and O–H groups in total. The fourth-order valence-corrected chi connectivity index (χ4v) is 0.499. The fraction of sp³-hybridized carbons (Fsp3) is 0.714. The van der Waals surface area contributed by atoms with Crippen molar-refractivity contribution in [1.29, 1.82) is 0 Å². The van der Waals surface area contributed by atoms with Crippen molar-refractivity contribution in [2.24, 2.45) is 0 Å². The van der Waals surface area contributed by atoms with Crippen LogP contribution in [0.2, 0.25) is 0 Å². The summed E-state index contributed by atoms with van der Waals surface area (Å²) in [6.07, 6.45) is 1.10. The minimum atomic E-state index is -0.472. The molecule has 0 aliphatic carbocycles. The molecule has 0 spiro atoms. The van der Waals surface area contributed by atoms with Gasteiger partial charge < -0.3 is 10.3 Å². The van der Waals surface area contributed by atoms with E-state index >= 15 is 0 Å². The van der Waals surface area contributed by atoms with Crippen molar-refractivity contribution in [3.63, 3.8) is 0 Å². The van der Waals surface area contributed by atoms with Crippen LogP contribution in [-0.4, -0.2) is 22.6 Å². The lowest BCUT2D eigenvalue weighted by atomic mass is 10.2. The second-order valence-corrected chi connectivity index (χ2v) is 3.09. The van der Waals surface area contributed by atoms with E-state index in [-0.39, 0.29) is 6.42 Å². The quantitative estimate of drug-likeness (QED) is 0.259. The summed E-state index contributed by atoms with van der Waals surface area (Å²) in [5.41, 5.74) is 7.50. The third kappa shape index (κ3) is 6.74. The number of carbonyl (C=O) groups excluding carboxylic acids is 1. The van der Waals surface area contributed by atoms with Crippen LogP contribution in [0.5, 0.6) is 0 Å². The number of carbonyl (C=O) groups is 1. The van der Waals surface area contributed by atoms with E-state index in [1.807, 2.05) is 0 Å². The third-order valence-electron chi connectivity index (χ3n) is 0.760. The molecule has 0 bridgehead atoms. The second-order valence-electron chi connectivity index (χ2n) is 3.09. The summed E-state index contributed by atoms with van der Waals surface area (Å²) in [5, 5.41) is 0. The molecule has 11 heavy (non-hydrogen) atoms. The second kappa shape index (κ2) is 3.88. The van der Waals surface area contributed by atoms with E-state index in [1.165, 1.54) is 0 Å². The molecule has 0 radical (unpaired) electrons. The highest BCUT2D eigenvalue weighted by molar-refractivity contribution is 5.84. The fourth-order valence-electron chi connectivity index (χ4n) is 0.499. The van der Waals surface area contributed by atoms with Crippen molar-refractivity contribution < 1.29 is 14.3 Å². The van der Waals surface area contributed by atoms with Crippen LogP contribution in [0.3, 0.4) is 0 Å². The van der Waals surface area contributed by atoms with Gasteiger partial charge in [0.2, 0.25) is 0 Å². The zero-order chi connectivity index (χ0) is 8.91. The highest BCUT2D eigenvalue weighted by Gasteiger charge is 2.15. The summed E-state index contributed by atoms with van der Waals surface area (Å²) in [4.78, 5) is 13.5. The van der Waals surface area contributed by atoms with Crippen LogP contribution in [0, 0.1) is 0 Å². The molecule has 0 fully saturated rings. The lowest BCUT2D eigenvalue weighted by Crippen LogP contribution is -2.23. The van der Waals surface area contributed by atoms with Gasteiger partial charge in [-0.15, -0.1) is 0 Å². The Morgan fingerprint density at radius 2 is 2.18 bits per heavy atom. The molecule has 62 valence electrons. The monoisotopic (exact) mass is 156 g/mol. The number of esters is 1. The van der Waals surface area contributed by atoms with Crippen LogP contribution in [-0.2, 0) is 9.53 Å². The first-order chi connectivity index (χ1) is 4.95. The SMILES string of the molecule is CC(C)(C)OC(=O)CC=[N+]=[N-]. The van der Waals surface area contributed by atoms with E-state index in [0.29, 0.717) is 0 Å². The molecule has 0 aliphatic heterocycles. The normalized spacial score (nSPS) is 10.1. The third-order valence-corrected chi connectivity index (χ3v) is 0.760. The van der Waals surface area contributed by atoms with E-state index in [9.17, 15) is 4.79 Å². The minimum Gasteiger partial charge on any atom is -0.460 e. The first-order valence-electron chi connectivity index (χ1n) is 3.33. The van der Waals surface area contributed by atoms with Gasteiger partial charge in [-0.25, -0.2) is 0 Å². The van der Waals surface area contributed by atoms with E-state index in [2.05, 4.69) is 4.79 Å². The molecule has 0 saturated heterocycles. The minimum absolute atomic E-state index is 0.00771. The Hall–Kier alpha value is -1.15. The van der Waals surface area contributed by atoms with Crippen molar-refractivity contribution in [3.8, 4) is 0 Å². The highest BCUT2D eigenvalue weighted by Crippen LogP contribution is 2.07. The predicted octanol–water partition coefficient (Wildman–Crippen LogP) is 1.02. The Kier molecular flexibility index (Phi) is 3.48. The summed E-state index contributed by atoms with van der Waals surface area (Å²) in [5.74, 6) is -0.393. The van der Waals surface area contributed by atoms with Crippen LogP contribution in [0.4, 0.5) is 0 Å². The summed E-state index contributed by atoms with van der Waals surface area (Å²) in [7, 11) is 0. The molecule has 0 saturated carbocycles. The number of rotatable bonds is 2. The van der Waals surface area contributed by atoms with Crippen molar-refractivity contribution in [2.75, 3.05) is 0 Å². The Balaban J connectivity index is 3.79. The standard InChI is InChI=1S/C7H12N2O2/c1-7(2,3)11-6(10)4-5-9-8/h5H,4H2,1-3H3. The first kappa shape index (κ1) is 9.85. The van der Waals surface area contributed by atoms with E-state index < -0.39 is 11.6 Å². The Morgan fingerprint density at radius 3 is 2.55 bits per heavy atom. The number of nitrogens with zero attached hydrogens (tertiary/aromatic N) is 2. The lowest BCUT2D eigenvalue weighted by molar-refractivity contribution is -0.153. The lowest BCUT2D eigenvalue weighted by Gasteiger charge is -2.18. The Morgan fingerprint density at radius 1 is 1.64 bits per heavy atom. The van der Waals surface area contributed by atoms with Crippen LogP contribution in [0.1, 0.15) is 27.2 Å². The summed E-state index contributed by atoms with van der Waals surface area (Å²) < 4.78 is 4.90. The van der Waals surface area contributed by atoms with Gasteiger partial charge in [0.15, 0.2) is 0 Å². The van der Waals surface area contributed by atoms with Crippen LogP contribution >= 0.6 is 0 Å². The molecule has 0 aromatic heterocycles. The van der Waals surface area contributed by atoms with Gasteiger partial charge in [0.1, 0.15) is 12.0 Å². The summed E-state index contributed by atoms with van der Waals surface area (Å²) in [6, 6.07) is 0. The number of ether oxygens (including phenoxy) is 1. The van der Waals surface area contributed by atoms with E-state index in [4.69, 9.17) is 10.3 Å². The molecule has 0 aliphatic rings. The maximum Gasteiger partial charge on any atom is 0.317 e. The Bertz CT molecular complexity index is 187. The van der Waals surface area contributed by atoms with Crippen LogP contribution in [0.25, 0.3) is 5.53 Å². The van der Waals surface area contributed by atoms with Gasteiger partial charge in [0.05, 0.1) is 0 Å². The van der Waals surface area contributed by atoms with Gasteiger partial charge in [0.25, 0.3) is 6.21 Å². The van der Waals surface area contributed by atoms with Gasteiger partial charge in [-0.2, -0.15) is 4.79 Å². The summed E-state index contributed by atoms with van der Waals surface area (Å²) in [6.45, 7) is 5.34. The first-order valence-corrected chi connectivity index (χ1v) is 3.33. The van der Waals surface area contributed by atoms with Crippen LogP contribution < -0.4 is 0 Å². The molecule has 0 amide bonds. The van der Waals surface area contributed by atoms with Crippen LogP contribution in [0.15, 0.2) is 0 Å². The predicted molar refractivity (Wildman–Crippen MR) is 40.1 cm³/mol. The molecule has 4 heteroatoms. The molecule has 0 atom stereocenters. The number of hydrogen-bond acceptors (Lipinski definition) is 2. The molecule has 0 rings (SSSR count). The van der Waals surface area contributed by atoms with E-state index in [0.717, 1.165) is 6.21 Å².